The van der Waals surface area contributed by atoms with Crippen LogP contribution in [0.1, 0.15) is 21.5 Å². The van der Waals surface area contributed by atoms with Crippen LogP contribution in [0.5, 0.6) is 0 Å². The molecule has 1 N–H and O–H groups in total. The van der Waals surface area contributed by atoms with Gasteiger partial charge in [0.2, 0.25) is 0 Å². The van der Waals surface area contributed by atoms with Crippen LogP contribution in [-0.2, 0) is 17.7 Å². The largest absolute Gasteiger partial charge is 0.380 e. The van der Waals surface area contributed by atoms with Crippen LogP contribution in [0, 0.1) is 5.41 Å². The maximum Gasteiger partial charge on any atom is 0.253 e. The second-order valence-electron chi connectivity index (χ2n) is 10.5. The summed E-state index contributed by atoms with van der Waals surface area (Å²) >= 11 is 0. The molecule has 176 valence electrons. The Morgan fingerprint density at radius 1 is 1.00 bits per heavy atom. The first kappa shape index (κ1) is 20.9. The quantitative estimate of drug-likeness (QED) is 0.490. The van der Waals surface area contributed by atoms with Gasteiger partial charge in [-0.1, -0.05) is 30.3 Å². The van der Waals surface area contributed by atoms with Crippen LogP contribution in [0.2, 0.25) is 0 Å². The third kappa shape index (κ3) is 3.48. The highest BCUT2D eigenvalue weighted by Crippen LogP contribution is 2.38. The van der Waals surface area contributed by atoms with Gasteiger partial charge in [0.15, 0.2) is 0 Å². The van der Waals surface area contributed by atoms with Gasteiger partial charge in [-0.2, -0.15) is 0 Å². The average Bonchev–Trinajstić information content (AvgIpc) is 3.25. The number of fused-ring (bicyclic) bond motifs is 2. The molecule has 0 saturated carbocycles. The fraction of sp³-hybridized carbons (Fsp3) is 0.310. The van der Waals surface area contributed by atoms with E-state index in [1.165, 1.54) is 16.7 Å². The molecule has 2 saturated heterocycles. The van der Waals surface area contributed by atoms with Gasteiger partial charge in [-0.3, -0.25) is 4.79 Å². The van der Waals surface area contributed by atoms with Gasteiger partial charge in [0, 0.05) is 60.6 Å². The van der Waals surface area contributed by atoms with E-state index in [1.54, 1.807) is 0 Å². The topological polar surface area (TPSA) is 61.5 Å². The first-order valence-electron chi connectivity index (χ1n) is 12.3. The zero-order valence-corrected chi connectivity index (χ0v) is 19.9. The molecular weight excluding hydrogens is 436 g/mol. The van der Waals surface area contributed by atoms with E-state index < -0.39 is 0 Å². The summed E-state index contributed by atoms with van der Waals surface area (Å²) in [7, 11) is 2.18. The molecule has 0 aliphatic carbocycles. The number of nitrogens with zero attached hydrogens (tertiary/aromatic N) is 3. The van der Waals surface area contributed by atoms with Crippen LogP contribution in [0.15, 0.2) is 60.9 Å². The number of carbonyl (C=O) groups excluding carboxylic acids is 1. The van der Waals surface area contributed by atoms with Crippen LogP contribution in [0.25, 0.3) is 33.3 Å². The number of hydrogen-bond donors (Lipinski definition) is 1. The SMILES string of the molecule is CN1CCc2cc(-c3cnc4[nH]cc(-c5ccc(C(=O)N6CC7(COC7)C6)cc5)c4c3)ccc2C1. The minimum atomic E-state index is 0.107. The molecule has 2 aromatic carbocycles. The van der Waals surface area contributed by atoms with Crippen LogP contribution in [0.3, 0.4) is 0 Å². The number of rotatable bonds is 3. The molecule has 5 heterocycles. The van der Waals surface area contributed by atoms with Crippen molar-refractivity contribution >= 4 is 16.9 Å². The van der Waals surface area contributed by atoms with Crippen molar-refractivity contribution in [3.63, 3.8) is 0 Å². The number of likely N-dealkylation sites (N-methyl/N-ethyl adjacent to an activating group) is 1. The second kappa shape index (κ2) is 7.77. The maximum absolute atomic E-state index is 12.9. The van der Waals surface area contributed by atoms with Crippen molar-refractivity contribution in [2.45, 2.75) is 13.0 Å². The van der Waals surface area contributed by atoms with E-state index in [-0.39, 0.29) is 11.3 Å². The van der Waals surface area contributed by atoms with Crippen LogP contribution >= 0.6 is 0 Å². The molecule has 7 rings (SSSR count). The van der Waals surface area contributed by atoms with Gasteiger partial charge in [-0.25, -0.2) is 4.98 Å². The molecule has 4 aromatic rings. The predicted octanol–water partition coefficient (Wildman–Crippen LogP) is 4.36. The van der Waals surface area contributed by atoms with Crippen molar-refractivity contribution in [1.82, 2.24) is 19.8 Å². The summed E-state index contributed by atoms with van der Waals surface area (Å²) in [4.78, 5) is 25.2. The Bertz CT molecular complexity index is 1440. The van der Waals surface area contributed by atoms with Crippen molar-refractivity contribution in [2.24, 2.45) is 5.41 Å². The minimum Gasteiger partial charge on any atom is -0.380 e. The number of pyridine rings is 1. The van der Waals surface area contributed by atoms with Crippen molar-refractivity contribution in [3.05, 3.63) is 77.6 Å². The van der Waals surface area contributed by atoms with E-state index in [4.69, 9.17) is 9.72 Å². The lowest BCUT2D eigenvalue weighted by Crippen LogP contribution is -2.67. The molecule has 3 aliphatic rings. The smallest absolute Gasteiger partial charge is 0.253 e. The van der Waals surface area contributed by atoms with Gasteiger partial charge in [-0.05, 0) is 53.9 Å². The summed E-state index contributed by atoms with van der Waals surface area (Å²) < 4.78 is 5.32. The Morgan fingerprint density at radius 2 is 1.80 bits per heavy atom. The first-order valence-corrected chi connectivity index (χ1v) is 12.3. The molecule has 0 radical (unpaired) electrons. The maximum atomic E-state index is 12.9. The van der Waals surface area contributed by atoms with Crippen molar-refractivity contribution < 1.29 is 9.53 Å². The number of aromatic nitrogens is 2. The second-order valence-corrected chi connectivity index (χ2v) is 10.5. The average molecular weight is 465 g/mol. The molecule has 1 amide bonds. The van der Waals surface area contributed by atoms with Crippen molar-refractivity contribution in [3.8, 4) is 22.3 Å². The van der Waals surface area contributed by atoms with Gasteiger partial charge in [0.25, 0.3) is 5.91 Å². The summed E-state index contributed by atoms with van der Waals surface area (Å²) in [5.41, 5.74) is 9.21. The van der Waals surface area contributed by atoms with Crippen LogP contribution < -0.4 is 0 Å². The molecule has 6 nitrogen and oxygen atoms in total. The highest BCUT2D eigenvalue weighted by atomic mass is 16.5. The molecule has 1 spiro atoms. The van der Waals surface area contributed by atoms with Crippen molar-refractivity contribution in [2.75, 3.05) is 39.9 Å². The zero-order valence-electron chi connectivity index (χ0n) is 19.9. The van der Waals surface area contributed by atoms with Crippen LogP contribution in [-0.4, -0.2) is 65.6 Å². The number of hydrogen-bond acceptors (Lipinski definition) is 4. The molecule has 6 heteroatoms. The lowest BCUT2D eigenvalue weighted by Gasteiger charge is -2.54. The van der Waals surface area contributed by atoms with E-state index in [0.717, 1.165) is 79.1 Å². The Labute approximate surface area is 204 Å². The highest BCUT2D eigenvalue weighted by molar-refractivity contribution is 5.98. The highest BCUT2D eigenvalue weighted by Gasteiger charge is 2.50. The molecule has 0 atom stereocenters. The summed E-state index contributed by atoms with van der Waals surface area (Å²) in [6.45, 7) is 5.31. The van der Waals surface area contributed by atoms with Gasteiger partial charge in [0.1, 0.15) is 5.65 Å². The van der Waals surface area contributed by atoms with Crippen molar-refractivity contribution in [1.29, 1.82) is 0 Å². The monoisotopic (exact) mass is 464 g/mol. The van der Waals surface area contributed by atoms with Gasteiger partial charge in [-0.15, -0.1) is 0 Å². The Hall–Kier alpha value is -3.48. The number of benzene rings is 2. The summed E-state index contributed by atoms with van der Waals surface area (Å²) in [5, 5.41) is 1.09. The Kier molecular flexibility index (Phi) is 4.63. The number of ether oxygens (including phenoxy) is 1. The number of aromatic amines is 1. The lowest BCUT2D eigenvalue weighted by molar-refractivity contribution is -0.176. The van der Waals surface area contributed by atoms with Gasteiger partial charge < -0.3 is 19.5 Å². The molecular formula is C29H28N4O2. The van der Waals surface area contributed by atoms with E-state index in [9.17, 15) is 4.79 Å². The Balaban J connectivity index is 1.16. The summed E-state index contributed by atoms with van der Waals surface area (Å²) in [6.07, 6.45) is 5.05. The molecule has 0 bridgehead atoms. The summed E-state index contributed by atoms with van der Waals surface area (Å²) in [5.74, 6) is 0.107. The Morgan fingerprint density at radius 3 is 2.57 bits per heavy atom. The van der Waals surface area contributed by atoms with Crippen LogP contribution in [0.4, 0.5) is 0 Å². The van der Waals surface area contributed by atoms with Gasteiger partial charge in [0.05, 0.1) is 18.6 Å². The van der Waals surface area contributed by atoms with E-state index in [1.807, 2.05) is 41.6 Å². The molecule has 0 unspecified atom stereocenters. The number of carbonyl (C=O) groups is 1. The fourth-order valence-electron chi connectivity index (χ4n) is 5.73. The third-order valence-corrected chi connectivity index (χ3v) is 7.87. The number of nitrogens with one attached hydrogen (secondary N) is 1. The molecule has 3 aliphatic heterocycles. The molecule has 2 fully saturated rings. The standard InChI is InChI=1S/C29H28N4O2/c1-32-9-8-22-10-21(6-7-23(22)14-32)24-11-25-26(13-31-27(25)30-12-24)19-2-4-20(5-3-19)28(34)33-15-29(16-33)17-35-18-29/h2-7,10-13H,8-9,14-18H2,1H3,(H,30,31). The normalized spacial score (nSPS) is 18.8. The number of likely N-dealkylation sites (tertiary alicyclic amines) is 1. The zero-order chi connectivity index (χ0) is 23.6. The number of H-pyrrole nitrogens is 1. The predicted molar refractivity (Wildman–Crippen MR) is 136 cm³/mol. The fourth-order valence-corrected chi connectivity index (χ4v) is 5.73. The van der Waals surface area contributed by atoms with E-state index >= 15 is 0 Å². The van der Waals surface area contributed by atoms with E-state index in [0.29, 0.717) is 0 Å². The lowest BCUT2D eigenvalue weighted by atomic mass is 9.78. The van der Waals surface area contributed by atoms with E-state index in [2.05, 4.69) is 41.2 Å². The molecule has 2 aromatic heterocycles. The molecule has 35 heavy (non-hydrogen) atoms. The summed E-state index contributed by atoms with van der Waals surface area (Å²) in [6, 6.07) is 17.0. The van der Waals surface area contributed by atoms with Gasteiger partial charge >= 0.3 is 0 Å². The third-order valence-electron chi connectivity index (χ3n) is 7.87. The number of amides is 1. The minimum absolute atomic E-state index is 0.107. The first-order chi connectivity index (χ1) is 17.1.